The summed E-state index contributed by atoms with van der Waals surface area (Å²) in [6, 6.07) is 7.58. The van der Waals surface area contributed by atoms with Gasteiger partial charge in [0, 0.05) is 25.8 Å². The van der Waals surface area contributed by atoms with Crippen LogP contribution in [0.5, 0.6) is 0 Å². The largest absolute Gasteiger partial charge is 0.341 e. The molecule has 0 saturated carbocycles. The molecule has 202 valence electrons. The highest BCUT2D eigenvalue weighted by Crippen LogP contribution is 2.41. The van der Waals surface area contributed by atoms with Gasteiger partial charge in [-0.05, 0) is 56.0 Å². The Morgan fingerprint density at radius 2 is 1.68 bits per heavy atom. The molecule has 2 heterocycles. The summed E-state index contributed by atoms with van der Waals surface area (Å²) in [5, 5.41) is 3.27. The first kappa shape index (κ1) is 27.9. The number of rotatable bonds is 5. The molecule has 1 atom stereocenters. The van der Waals surface area contributed by atoms with Gasteiger partial charge < -0.3 is 10.2 Å². The fraction of sp³-hybridized carbons (Fsp3) is 0.407. The van der Waals surface area contributed by atoms with Gasteiger partial charge in [0.2, 0.25) is 5.91 Å². The maximum Gasteiger partial charge on any atom is 0.331 e. The van der Waals surface area contributed by atoms with Crippen LogP contribution in [0.25, 0.3) is 0 Å². The minimum Gasteiger partial charge on any atom is -0.341 e. The van der Waals surface area contributed by atoms with E-state index in [4.69, 9.17) is 23.2 Å². The van der Waals surface area contributed by atoms with Crippen LogP contribution in [-0.4, -0.2) is 65.3 Å². The lowest BCUT2D eigenvalue weighted by atomic mass is 9.85. The van der Waals surface area contributed by atoms with Crippen molar-refractivity contribution in [1.29, 1.82) is 0 Å². The van der Waals surface area contributed by atoms with Crippen LogP contribution in [-0.2, 0) is 9.59 Å². The first-order valence-electron chi connectivity index (χ1n) is 12.3. The molecule has 2 aromatic rings. The van der Waals surface area contributed by atoms with Gasteiger partial charge in [0.15, 0.2) is 0 Å². The zero-order valence-electron chi connectivity index (χ0n) is 21.6. The summed E-state index contributed by atoms with van der Waals surface area (Å²) < 4.78 is 14.3. The SMILES string of the molecule is Cc1ccc(F)c(C(=O)N[C@@H](C(=O)N2CCC3(CC2)C(=O)N(C)C(=O)N3c2ccc(Cl)c(Cl)c2)C(C)C)c1. The molecule has 4 rings (SSSR count). The molecule has 0 aromatic heterocycles. The minimum atomic E-state index is -1.18. The Labute approximate surface area is 230 Å². The number of benzene rings is 2. The Hall–Kier alpha value is -3.17. The van der Waals surface area contributed by atoms with Crippen molar-refractivity contribution in [3.63, 3.8) is 0 Å². The summed E-state index contributed by atoms with van der Waals surface area (Å²) in [4.78, 5) is 56.9. The summed E-state index contributed by atoms with van der Waals surface area (Å²) in [5.74, 6) is -2.30. The maximum absolute atomic E-state index is 14.3. The third-order valence-electron chi connectivity index (χ3n) is 7.26. The van der Waals surface area contributed by atoms with Crippen LogP contribution in [0.2, 0.25) is 10.0 Å². The van der Waals surface area contributed by atoms with Crippen LogP contribution >= 0.6 is 23.2 Å². The lowest BCUT2D eigenvalue weighted by Gasteiger charge is -2.43. The molecule has 2 saturated heterocycles. The number of hydrogen-bond donors (Lipinski definition) is 1. The van der Waals surface area contributed by atoms with Gasteiger partial charge >= 0.3 is 6.03 Å². The van der Waals surface area contributed by atoms with Gasteiger partial charge in [-0.25, -0.2) is 9.18 Å². The van der Waals surface area contributed by atoms with Gasteiger partial charge in [-0.2, -0.15) is 0 Å². The lowest BCUT2D eigenvalue weighted by Crippen LogP contribution is -2.60. The highest BCUT2D eigenvalue weighted by molar-refractivity contribution is 6.42. The van der Waals surface area contributed by atoms with Gasteiger partial charge in [0.25, 0.3) is 11.8 Å². The van der Waals surface area contributed by atoms with E-state index in [1.165, 1.54) is 24.1 Å². The van der Waals surface area contributed by atoms with Crippen molar-refractivity contribution in [3.05, 3.63) is 63.4 Å². The number of amides is 5. The van der Waals surface area contributed by atoms with Crippen molar-refractivity contribution in [3.8, 4) is 0 Å². The molecule has 2 aliphatic heterocycles. The van der Waals surface area contributed by atoms with Crippen LogP contribution in [0, 0.1) is 18.7 Å². The summed E-state index contributed by atoms with van der Waals surface area (Å²) >= 11 is 12.2. The van der Waals surface area contributed by atoms with Gasteiger partial charge in [0.1, 0.15) is 17.4 Å². The van der Waals surface area contributed by atoms with E-state index in [0.29, 0.717) is 10.7 Å². The molecule has 0 unspecified atom stereocenters. The predicted octanol–water partition coefficient (Wildman–Crippen LogP) is 4.66. The molecule has 0 radical (unpaired) electrons. The zero-order chi connectivity index (χ0) is 27.9. The molecule has 1 N–H and O–H groups in total. The number of anilines is 1. The molecular formula is C27H29Cl2FN4O4. The Balaban J connectivity index is 1.54. The Morgan fingerprint density at radius 1 is 1.03 bits per heavy atom. The molecule has 1 spiro atoms. The van der Waals surface area contributed by atoms with E-state index < -0.39 is 29.3 Å². The molecule has 0 bridgehead atoms. The number of urea groups is 1. The van der Waals surface area contributed by atoms with Crippen molar-refractivity contribution >= 4 is 52.6 Å². The van der Waals surface area contributed by atoms with E-state index in [0.717, 1.165) is 10.5 Å². The van der Waals surface area contributed by atoms with Crippen LogP contribution in [0.4, 0.5) is 14.9 Å². The van der Waals surface area contributed by atoms with Crippen molar-refractivity contribution < 1.29 is 23.6 Å². The second-order valence-electron chi connectivity index (χ2n) is 10.1. The molecule has 2 aliphatic rings. The van der Waals surface area contributed by atoms with Crippen LogP contribution in [0.15, 0.2) is 36.4 Å². The number of carbonyl (C=O) groups is 4. The number of hydrogen-bond acceptors (Lipinski definition) is 4. The standard InChI is InChI=1S/C27H29Cl2FN4O4/c1-15(2)22(31-23(35)18-13-16(3)5-8-21(18)30)24(36)33-11-9-27(10-12-33)25(37)32(4)26(38)34(27)17-6-7-19(28)20(29)14-17/h5-8,13-15,22H,9-12H2,1-4H3,(H,31,35)/t22-/m1/s1. The Morgan fingerprint density at radius 3 is 2.29 bits per heavy atom. The van der Waals surface area contributed by atoms with E-state index >= 15 is 0 Å². The zero-order valence-corrected chi connectivity index (χ0v) is 23.1. The average Bonchev–Trinajstić information content (AvgIpc) is 3.06. The van der Waals surface area contributed by atoms with Crippen LogP contribution in [0.3, 0.4) is 0 Å². The monoisotopic (exact) mass is 562 g/mol. The third kappa shape index (κ3) is 4.85. The number of halogens is 3. The van der Waals surface area contributed by atoms with E-state index in [1.54, 1.807) is 49.9 Å². The topological polar surface area (TPSA) is 90.0 Å². The molecule has 5 amide bonds. The smallest absolute Gasteiger partial charge is 0.331 e. The number of nitrogens with one attached hydrogen (secondary N) is 1. The second-order valence-corrected chi connectivity index (χ2v) is 10.9. The summed E-state index contributed by atoms with van der Waals surface area (Å²) in [5.41, 5.74) is -0.149. The minimum absolute atomic E-state index is 0.128. The quantitative estimate of drug-likeness (QED) is 0.537. The average molecular weight is 563 g/mol. The lowest BCUT2D eigenvalue weighted by molar-refractivity contribution is -0.139. The van der Waals surface area contributed by atoms with Gasteiger partial charge in [-0.15, -0.1) is 0 Å². The highest BCUT2D eigenvalue weighted by atomic mass is 35.5. The van der Waals surface area contributed by atoms with Crippen LogP contribution in [0.1, 0.15) is 42.6 Å². The number of aryl methyl sites for hydroxylation is 1. The van der Waals surface area contributed by atoms with E-state index in [2.05, 4.69) is 5.32 Å². The maximum atomic E-state index is 14.3. The van der Waals surface area contributed by atoms with Crippen molar-refractivity contribution in [2.75, 3.05) is 25.0 Å². The van der Waals surface area contributed by atoms with Crippen LogP contribution < -0.4 is 10.2 Å². The van der Waals surface area contributed by atoms with Gasteiger partial charge in [0.05, 0.1) is 15.6 Å². The third-order valence-corrected chi connectivity index (χ3v) is 8.00. The van der Waals surface area contributed by atoms with E-state index in [1.807, 2.05) is 0 Å². The first-order chi connectivity index (χ1) is 17.9. The molecule has 38 heavy (non-hydrogen) atoms. The predicted molar refractivity (Wildman–Crippen MR) is 143 cm³/mol. The fourth-order valence-corrected chi connectivity index (χ4v) is 5.38. The number of piperidine rings is 1. The van der Waals surface area contributed by atoms with Gasteiger partial charge in [-0.1, -0.05) is 48.7 Å². The Kier molecular flexibility index (Phi) is 7.72. The number of nitrogens with zero attached hydrogens (tertiary/aromatic N) is 3. The van der Waals surface area contributed by atoms with Crippen molar-refractivity contribution in [1.82, 2.24) is 15.1 Å². The first-order valence-corrected chi connectivity index (χ1v) is 13.1. The summed E-state index contributed by atoms with van der Waals surface area (Å²) in [6.07, 6.45) is 0.387. The summed E-state index contributed by atoms with van der Waals surface area (Å²) in [7, 11) is 1.43. The molecule has 11 heteroatoms. The number of imide groups is 1. The Bertz CT molecular complexity index is 1310. The molecule has 8 nitrogen and oxygen atoms in total. The van der Waals surface area contributed by atoms with E-state index in [9.17, 15) is 23.6 Å². The van der Waals surface area contributed by atoms with E-state index in [-0.39, 0.29) is 54.2 Å². The number of carbonyl (C=O) groups excluding carboxylic acids is 4. The van der Waals surface area contributed by atoms with Gasteiger partial charge in [-0.3, -0.25) is 24.2 Å². The molecule has 0 aliphatic carbocycles. The fourth-order valence-electron chi connectivity index (χ4n) is 5.09. The van der Waals surface area contributed by atoms with Crippen molar-refractivity contribution in [2.45, 2.75) is 45.2 Å². The molecular weight excluding hydrogens is 534 g/mol. The highest BCUT2D eigenvalue weighted by Gasteiger charge is 2.58. The summed E-state index contributed by atoms with van der Waals surface area (Å²) in [6.45, 7) is 5.70. The molecule has 2 aromatic carbocycles. The van der Waals surface area contributed by atoms with Crippen molar-refractivity contribution in [2.24, 2.45) is 5.92 Å². The number of likely N-dealkylation sites (N-methyl/N-ethyl adjacent to an activating group) is 1. The molecule has 2 fully saturated rings. The number of likely N-dealkylation sites (tertiary alicyclic amines) is 1. The second kappa shape index (κ2) is 10.5. The normalized spacial score (nSPS) is 17.9.